The molecule has 0 aliphatic heterocycles. The lowest BCUT2D eigenvalue weighted by molar-refractivity contribution is 0.300. The van der Waals surface area contributed by atoms with Gasteiger partial charge in [0.25, 0.3) is 0 Å². The van der Waals surface area contributed by atoms with Gasteiger partial charge in [0.2, 0.25) is 0 Å². The number of hydrogen-bond acceptors (Lipinski definition) is 4. The topological polar surface area (TPSA) is 45.4 Å². The summed E-state index contributed by atoms with van der Waals surface area (Å²) in [5, 5.41) is 0. The third-order valence-corrected chi connectivity index (χ3v) is 3.75. The van der Waals surface area contributed by atoms with Crippen molar-refractivity contribution < 1.29 is 0 Å². The predicted octanol–water partition coefficient (Wildman–Crippen LogP) is 2.27. The Bertz CT molecular complexity index is 418. The number of anilines is 1. The Morgan fingerprint density at radius 1 is 1.20 bits per heavy atom. The van der Waals surface area contributed by atoms with E-state index in [9.17, 15) is 0 Å². The molecule has 0 saturated carbocycles. The maximum absolute atomic E-state index is 5.78. The number of rotatable bonds is 9. The summed E-state index contributed by atoms with van der Waals surface area (Å²) < 4.78 is 0. The molecule has 0 atom stereocenters. The maximum atomic E-state index is 5.78. The first-order valence-corrected chi connectivity index (χ1v) is 7.76. The van der Waals surface area contributed by atoms with Gasteiger partial charge in [0.1, 0.15) is 10.8 Å². The van der Waals surface area contributed by atoms with Gasteiger partial charge < -0.3 is 15.5 Å². The van der Waals surface area contributed by atoms with Gasteiger partial charge in [-0.1, -0.05) is 26.1 Å². The summed E-state index contributed by atoms with van der Waals surface area (Å²) in [4.78, 5) is 9.55. The molecule has 0 fully saturated rings. The number of nitrogens with two attached hydrogens (primary N) is 1. The molecule has 1 aromatic rings. The number of thiocarbonyl (C=S) groups is 1. The fraction of sp³-hybridized carbons (Fsp3) is 0.600. The summed E-state index contributed by atoms with van der Waals surface area (Å²) in [5.41, 5.74) is 6.65. The number of nitrogens with zero attached hydrogens (tertiary/aromatic N) is 3. The fourth-order valence-corrected chi connectivity index (χ4v) is 2.44. The van der Waals surface area contributed by atoms with E-state index in [0.29, 0.717) is 4.99 Å². The molecule has 0 aliphatic carbocycles. The lowest BCUT2D eigenvalue weighted by atomic mass is 10.2. The summed E-state index contributed by atoms with van der Waals surface area (Å²) in [6, 6.07) is 3.82. The zero-order valence-electron chi connectivity index (χ0n) is 12.8. The van der Waals surface area contributed by atoms with Crippen molar-refractivity contribution >= 4 is 23.0 Å². The molecular weight excluding hydrogens is 268 g/mol. The Morgan fingerprint density at radius 2 is 1.90 bits per heavy atom. The van der Waals surface area contributed by atoms with Gasteiger partial charge in [-0.25, -0.2) is 4.98 Å². The van der Waals surface area contributed by atoms with Crippen molar-refractivity contribution in [2.24, 2.45) is 5.73 Å². The molecule has 0 unspecified atom stereocenters. The van der Waals surface area contributed by atoms with Gasteiger partial charge in [0.15, 0.2) is 0 Å². The molecule has 1 heterocycles. The van der Waals surface area contributed by atoms with E-state index in [-0.39, 0.29) is 0 Å². The molecule has 0 amide bonds. The van der Waals surface area contributed by atoms with Gasteiger partial charge in [0, 0.05) is 19.3 Å². The summed E-state index contributed by atoms with van der Waals surface area (Å²) in [5.74, 6) is 0.905. The van der Waals surface area contributed by atoms with Crippen LogP contribution in [0.1, 0.15) is 32.8 Å². The van der Waals surface area contributed by atoms with Crippen molar-refractivity contribution in [1.82, 2.24) is 9.88 Å². The average Bonchev–Trinajstić information content (AvgIpc) is 2.47. The van der Waals surface area contributed by atoms with Crippen molar-refractivity contribution in [2.75, 3.05) is 37.6 Å². The minimum atomic E-state index is 0.412. The molecule has 0 spiro atoms. The Kier molecular flexibility index (Phi) is 7.47. The van der Waals surface area contributed by atoms with Crippen molar-refractivity contribution in [3.63, 3.8) is 0 Å². The normalized spacial score (nSPS) is 10.8. The molecule has 4 nitrogen and oxygen atoms in total. The van der Waals surface area contributed by atoms with Crippen LogP contribution in [0, 0.1) is 0 Å². The highest BCUT2D eigenvalue weighted by molar-refractivity contribution is 7.80. The van der Waals surface area contributed by atoms with E-state index in [1.54, 1.807) is 6.20 Å². The SMILES string of the molecule is CCN(CC)CCCN(CC)c1ncccc1C(N)=S. The van der Waals surface area contributed by atoms with Gasteiger partial charge >= 0.3 is 0 Å². The average molecular weight is 294 g/mol. The molecule has 0 aliphatic rings. The molecule has 1 rings (SSSR count). The van der Waals surface area contributed by atoms with Crippen LogP contribution in [-0.2, 0) is 0 Å². The Morgan fingerprint density at radius 3 is 2.45 bits per heavy atom. The van der Waals surface area contributed by atoms with E-state index in [4.69, 9.17) is 18.0 Å². The molecule has 20 heavy (non-hydrogen) atoms. The molecule has 0 radical (unpaired) electrons. The molecule has 0 saturated heterocycles. The van der Waals surface area contributed by atoms with Crippen LogP contribution in [0.4, 0.5) is 5.82 Å². The third-order valence-electron chi connectivity index (χ3n) is 3.53. The van der Waals surface area contributed by atoms with Crippen LogP contribution in [0.5, 0.6) is 0 Å². The summed E-state index contributed by atoms with van der Waals surface area (Å²) in [6.07, 6.45) is 2.91. The fourth-order valence-electron chi connectivity index (χ4n) is 2.28. The monoisotopic (exact) mass is 294 g/mol. The Hall–Kier alpha value is -1.20. The zero-order chi connectivity index (χ0) is 15.0. The van der Waals surface area contributed by atoms with Crippen LogP contribution in [-0.4, -0.2) is 47.6 Å². The van der Waals surface area contributed by atoms with Crippen LogP contribution in [0.25, 0.3) is 0 Å². The molecular formula is C15H26N4S. The van der Waals surface area contributed by atoms with Crippen LogP contribution in [0.2, 0.25) is 0 Å². The molecule has 2 N–H and O–H groups in total. The van der Waals surface area contributed by atoms with Crippen molar-refractivity contribution in [3.05, 3.63) is 23.9 Å². The highest BCUT2D eigenvalue weighted by Gasteiger charge is 2.12. The number of pyridine rings is 1. The van der Waals surface area contributed by atoms with Crippen LogP contribution >= 0.6 is 12.2 Å². The zero-order valence-corrected chi connectivity index (χ0v) is 13.6. The molecule has 1 aromatic heterocycles. The first kappa shape index (κ1) is 16.9. The van der Waals surface area contributed by atoms with Gasteiger partial charge in [0.05, 0.1) is 5.56 Å². The second-order valence-electron chi connectivity index (χ2n) is 4.70. The molecule has 0 bridgehead atoms. The van der Waals surface area contributed by atoms with E-state index in [1.807, 2.05) is 12.1 Å². The van der Waals surface area contributed by atoms with Gasteiger partial charge in [-0.3, -0.25) is 0 Å². The van der Waals surface area contributed by atoms with Gasteiger partial charge in [-0.05, 0) is 45.1 Å². The quantitative estimate of drug-likeness (QED) is 0.708. The Balaban J connectivity index is 2.69. The minimum absolute atomic E-state index is 0.412. The van der Waals surface area contributed by atoms with Crippen molar-refractivity contribution in [3.8, 4) is 0 Å². The molecule has 0 aromatic carbocycles. The van der Waals surface area contributed by atoms with Crippen molar-refractivity contribution in [2.45, 2.75) is 27.2 Å². The Labute approximate surface area is 128 Å². The summed E-state index contributed by atoms with van der Waals surface area (Å²) in [6.45, 7) is 11.7. The lowest BCUT2D eigenvalue weighted by Crippen LogP contribution is -2.31. The standard InChI is InChI=1S/C15H26N4S/c1-4-18(5-2)11-8-12-19(6-3)15-13(14(16)20)9-7-10-17-15/h7,9-10H,4-6,8,11-12H2,1-3H3,(H2,16,20). The first-order chi connectivity index (χ1) is 9.63. The highest BCUT2D eigenvalue weighted by Crippen LogP contribution is 2.17. The lowest BCUT2D eigenvalue weighted by Gasteiger charge is -2.25. The summed E-state index contributed by atoms with van der Waals surface area (Å²) in [7, 11) is 0. The summed E-state index contributed by atoms with van der Waals surface area (Å²) >= 11 is 5.11. The smallest absolute Gasteiger partial charge is 0.138 e. The van der Waals surface area contributed by atoms with Crippen LogP contribution < -0.4 is 10.6 Å². The van der Waals surface area contributed by atoms with Crippen LogP contribution in [0.15, 0.2) is 18.3 Å². The number of hydrogen-bond donors (Lipinski definition) is 1. The first-order valence-electron chi connectivity index (χ1n) is 7.36. The molecule has 112 valence electrons. The van der Waals surface area contributed by atoms with E-state index < -0.39 is 0 Å². The largest absolute Gasteiger partial charge is 0.389 e. The van der Waals surface area contributed by atoms with E-state index in [0.717, 1.165) is 50.5 Å². The van der Waals surface area contributed by atoms with E-state index in [2.05, 4.69) is 35.6 Å². The number of aromatic nitrogens is 1. The second kappa shape index (κ2) is 8.87. The molecule has 5 heteroatoms. The van der Waals surface area contributed by atoms with Gasteiger partial charge in [-0.15, -0.1) is 0 Å². The highest BCUT2D eigenvalue weighted by atomic mass is 32.1. The third kappa shape index (κ3) is 4.72. The minimum Gasteiger partial charge on any atom is -0.389 e. The van der Waals surface area contributed by atoms with Crippen LogP contribution in [0.3, 0.4) is 0 Å². The van der Waals surface area contributed by atoms with E-state index >= 15 is 0 Å². The maximum Gasteiger partial charge on any atom is 0.138 e. The van der Waals surface area contributed by atoms with E-state index in [1.165, 1.54) is 0 Å². The predicted molar refractivity (Wildman–Crippen MR) is 90.4 cm³/mol. The second-order valence-corrected chi connectivity index (χ2v) is 5.14. The van der Waals surface area contributed by atoms with Crippen molar-refractivity contribution in [1.29, 1.82) is 0 Å². The van der Waals surface area contributed by atoms with Gasteiger partial charge in [-0.2, -0.15) is 0 Å².